The number of rotatable bonds is 4. The van der Waals surface area contributed by atoms with Gasteiger partial charge in [-0.1, -0.05) is 19.3 Å². The highest BCUT2D eigenvalue weighted by molar-refractivity contribution is 4.79. The van der Waals surface area contributed by atoms with Crippen LogP contribution in [0.15, 0.2) is 0 Å². The summed E-state index contributed by atoms with van der Waals surface area (Å²) in [5, 5.41) is 3.82. The number of nitrogens with one attached hydrogen (secondary N) is 1. The van der Waals surface area contributed by atoms with Crippen molar-refractivity contribution in [3.05, 3.63) is 0 Å². The zero-order valence-corrected chi connectivity index (χ0v) is 11.8. The van der Waals surface area contributed by atoms with Gasteiger partial charge >= 0.3 is 0 Å². The Balaban J connectivity index is 1.64. The summed E-state index contributed by atoms with van der Waals surface area (Å²) in [6.45, 7) is 6.26. The van der Waals surface area contributed by atoms with E-state index < -0.39 is 0 Å². The van der Waals surface area contributed by atoms with E-state index in [1.165, 1.54) is 64.6 Å². The van der Waals surface area contributed by atoms with E-state index in [2.05, 4.69) is 24.2 Å². The first-order chi connectivity index (χ1) is 8.25. The van der Waals surface area contributed by atoms with Gasteiger partial charge in [-0.25, -0.2) is 0 Å². The molecule has 2 fully saturated rings. The third-order valence-electron chi connectivity index (χ3n) is 4.92. The van der Waals surface area contributed by atoms with E-state index in [1.54, 1.807) is 0 Å². The van der Waals surface area contributed by atoms with Crippen molar-refractivity contribution in [1.82, 2.24) is 10.2 Å². The summed E-state index contributed by atoms with van der Waals surface area (Å²) in [7, 11) is 2.25. The van der Waals surface area contributed by atoms with Gasteiger partial charge in [0.25, 0.3) is 0 Å². The monoisotopic (exact) mass is 238 g/mol. The number of likely N-dealkylation sites (tertiary alicyclic amines) is 1. The van der Waals surface area contributed by atoms with Gasteiger partial charge in [-0.15, -0.1) is 0 Å². The number of piperidine rings is 1. The summed E-state index contributed by atoms with van der Waals surface area (Å²) in [6, 6.07) is 0.727. The number of hydrogen-bond donors (Lipinski definition) is 1. The van der Waals surface area contributed by atoms with E-state index in [9.17, 15) is 0 Å². The van der Waals surface area contributed by atoms with Crippen LogP contribution < -0.4 is 5.32 Å². The summed E-state index contributed by atoms with van der Waals surface area (Å²) >= 11 is 0. The fourth-order valence-electron chi connectivity index (χ4n) is 3.44. The molecular weight excluding hydrogens is 208 g/mol. The second kappa shape index (κ2) is 6.75. The van der Waals surface area contributed by atoms with Gasteiger partial charge in [0.05, 0.1) is 0 Å². The summed E-state index contributed by atoms with van der Waals surface area (Å²) in [5.41, 5.74) is 0. The van der Waals surface area contributed by atoms with Crippen molar-refractivity contribution in [2.45, 2.75) is 57.9 Å². The lowest BCUT2D eigenvalue weighted by Crippen LogP contribution is -2.42. The number of nitrogens with zero attached hydrogens (tertiary/aromatic N) is 1. The van der Waals surface area contributed by atoms with Gasteiger partial charge in [0.15, 0.2) is 0 Å². The van der Waals surface area contributed by atoms with Crippen LogP contribution in [0.3, 0.4) is 0 Å². The van der Waals surface area contributed by atoms with Crippen LogP contribution in [0.1, 0.15) is 51.9 Å². The maximum atomic E-state index is 3.82. The second-order valence-electron chi connectivity index (χ2n) is 6.34. The Bertz CT molecular complexity index is 203. The molecule has 1 saturated heterocycles. The van der Waals surface area contributed by atoms with Crippen LogP contribution in [-0.4, -0.2) is 37.6 Å². The summed E-state index contributed by atoms with van der Waals surface area (Å²) in [6.07, 6.45) is 10.1. The molecule has 17 heavy (non-hydrogen) atoms. The van der Waals surface area contributed by atoms with E-state index in [1.807, 2.05) is 0 Å². The quantitative estimate of drug-likeness (QED) is 0.810. The molecule has 2 nitrogen and oxygen atoms in total. The molecule has 1 aliphatic heterocycles. The molecule has 0 spiro atoms. The Kier molecular flexibility index (Phi) is 5.30. The molecule has 1 saturated carbocycles. The first-order valence-electron chi connectivity index (χ1n) is 7.67. The second-order valence-corrected chi connectivity index (χ2v) is 6.34. The minimum absolute atomic E-state index is 0.727. The summed E-state index contributed by atoms with van der Waals surface area (Å²) in [4.78, 5) is 2.46. The minimum Gasteiger partial charge on any atom is -0.314 e. The van der Waals surface area contributed by atoms with Gasteiger partial charge in [-0.2, -0.15) is 0 Å². The average molecular weight is 238 g/mol. The molecule has 1 atom stereocenters. The van der Waals surface area contributed by atoms with Crippen LogP contribution in [0.4, 0.5) is 0 Å². The van der Waals surface area contributed by atoms with Crippen LogP contribution in [0, 0.1) is 11.8 Å². The maximum absolute atomic E-state index is 3.82. The SMILES string of the molecule is CC(NCC1CCCCC1)C1CCN(C)CC1. The van der Waals surface area contributed by atoms with Crippen LogP contribution in [-0.2, 0) is 0 Å². The molecule has 0 aromatic heterocycles. The first kappa shape index (κ1) is 13.4. The highest BCUT2D eigenvalue weighted by Crippen LogP contribution is 2.24. The third kappa shape index (κ3) is 4.26. The Labute approximate surface area is 107 Å². The molecule has 1 aliphatic carbocycles. The molecule has 1 N–H and O–H groups in total. The van der Waals surface area contributed by atoms with Crippen molar-refractivity contribution in [3.8, 4) is 0 Å². The van der Waals surface area contributed by atoms with Crippen LogP contribution in [0.25, 0.3) is 0 Å². The van der Waals surface area contributed by atoms with E-state index in [4.69, 9.17) is 0 Å². The summed E-state index contributed by atoms with van der Waals surface area (Å²) in [5.74, 6) is 1.88. The largest absolute Gasteiger partial charge is 0.314 e. The molecule has 2 rings (SSSR count). The van der Waals surface area contributed by atoms with Crippen molar-refractivity contribution in [2.75, 3.05) is 26.7 Å². The Morgan fingerprint density at radius 3 is 2.35 bits per heavy atom. The molecule has 0 radical (unpaired) electrons. The standard InChI is InChI=1S/C15H30N2/c1-13(15-8-10-17(2)11-9-15)16-12-14-6-4-3-5-7-14/h13-16H,3-12H2,1-2H3. The van der Waals surface area contributed by atoms with Crippen LogP contribution in [0.5, 0.6) is 0 Å². The molecule has 2 aliphatic rings. The van der Waals surface area contributed by atoms with E-state index in [0.29, 0.717) is 0 Å². The Hall–Kier alpha value is -0.0800. The van der Waals surface area contributed by atoms with Crippen LogP contribution >= 0.6 is 0 Å². The van der Waals surface area contributed by atoms with Gasteiger partial charge in [-0.05, 0) is 71.1 Å². The molecule has 0 aromatic carbocycles. The van der Waals surface area contributed by atoms with Crippen molar-refractivity contribution in [1.29, 1.82) is 0 Å². The number of hydrogen-bond acceptors (Lipinski definition) is 2. The van der Waals surface area contributed by atoms with Gasteiger partial charge in [0.2, 0.25) is 0 Å². The molecule has 1 unspecified atom stereocenters. The third-order valence-corrected chi connectivity index (χ3v) is 4.92. The van der Waals surface area contributed by atoms with Gasteiger partial charge in [0.1, 0.15) is 0 Å². The minimum atomic E-state index is 0.727. The van der Waals surface area contributed by atoms with Gasteiger partial charge in [0, 0.05) is 6.04 Å². The predicted octanol–water partition coefficient (Wildman–Crippen LogP) is 2.89. The Morgan fingerprint density at radius 2 is 1.71 bits per heavy atom. The van der Waals surface area contributed by atoms with Crippen molar-refractivity contribution >= 4 is 0 Å². The normalized spacial score (nSPS) is 27.2. The van der Waals surface area contributed by atoms with Crippen molar-refractivity contribution in [3.63, 3.8) is 0 Å². The van der Waals surface area contributed by atoms with Crippen molar-refractivity contribution < 1.29 is 0 Å². The maximum Gasteiger partial charge on any atom is 0.00680 e. The van der Waals surface area contributed by atoms with Crippen LogP contribution in [0.2, 0.25) is 0 Å². The smallest absolute Gasteiger partial charge is 0.00680 e. The van der Waals surface area contributed by atoms with E-state index in [-0.39, 0.29) is 0 Å². The zero-order chi connectivity index (χ0) is 12.1. The van der Waals surface area contributed by atoms with Gasteiger partial charge < -0.3 is 10.2 Å². The zero-order valence-electron chi connectivity index (χ0n) is 11.8. The molecule has 100 valence electrons. The first-order valence-corrected chi connectivity index (χ1v) is 7.67. The fraction of sp³-hybridized carbons (Fsp3) is 1.00. The highest BCUT2D eigenvalue weighted by Gasteiger charge is 2.22. The molecule has 0 bridgehead atoms. The lowest BCUT2D eigenvalue weighted by molar-refractivity contribution is 0.185. The van der Waals surface area contributed by atoms with Gasteiger partial charge in [-0.3, -0.25) is 0 Å². The summed E-state index contributed by atoms with van der Waals surface area (Å²) < 4.78 is 0. The predicted molar refractivity (Wildman–Crippen MR) is 74.3 cm³/mol. The molecule has 1 heterocycles. The molecule has 2 heteroatoms. The van der Waals surface area contributed by atoms with E-state index in [0.717, 1.165) is 17.9 Å². The topological polar surface area (TPSA) is 15.3 Å². The molecular formula is C15H30N2. The Morgan fingerprint density at radius 1 is 1.06 bits per heavy atom. The molecule has 0 aromatic rings. The highest BCUT2D eigenvalue weighted by atomic mass is 15.1. The lowest BCUT2D eigenvalue weighted by atomic mass is 9.87. The van der Waals surface area contributed by atoms with Crippen molar-refractivity contribution in [2.24, 2.45) is 11.8 Å². The lowest BCUT2D eigenvalue weighted by Gasteiger charge is -2.34. The van der Waals surface area contributed by atoms with E-state index >= 15 is 0 Å². The fourth-order valence-corrected chi connectivity index (χ4v) is 3.44. The molecule has 0 amide bonds. The average Bonchev–Trinajstić information content (AvgIpc) is 2.38.